The molecule has 0 aromatic heterocycles. The fraction of sp³-hybridized carbons (Fsp3) is 0.222. The average molecular weight is 331 g/mol. The van der Waals surface area contributed by atoms with Crippen molar-refractivity contribution in [3.63, 3.8) is 0 Å². The van der Waals surface area contributed by atoms with Gasteiger partial charge in [0.15, 0.2) is 12.7 Å². The van der Waals surface area contributed by atoms with E-state index in [2.05, 4.69) is 5.32 Å². The Hall–Kier alpha value is -2.73. The lowest BCUT2D eigenvalue weighted by Gasteiger charge is -2.11. The molecule has 0 unspecified atom stereocenters. The smallest absolute Gasteiger partial charge is 0.340 e. The van der Waals surface area contributed by atoms with Crippen molar-refractivity contribution in [2.45, 2.75) is 12.5 Å². The number of aliphatic hydroxyl groups excluding tert-OH is 1. The van der Waals surface area contributed by atoms with Gasteiger partial charge in [-0.05, 0) is 29.7 Å². The van der Waals surface area contributed by atoms with Gasteiger partial charge < -0.3 is 15.2 Å². The van der Waals surface area contributed by atoms with Gasteiger partial charge in [0.05, 0.1) is 0 Å². The van der Waals surface area contributed by atoms with Gasteiger partial charge in [-0.15, -0.1) is 0 Å². The Morgan fingerprint density at radius 3 is 2.42 bits per heavy atom. The predicted octanol–water partition coefficient (Wildman–Crippen LogP) is 1.76. The highest BCUT2D eigenvalue weighted by molar-refractivity contribution is 5.82. The van der Waals surface area contributed by atoms with E-state index in [-0.39, 0.29) is 5.82 Å². The number of rotatable bonds is 7. The van der Waals surface area contributed by atoms with Gasteiger partial charge in [-0.1, -0.05) is 42.5 Å². The van der Waals surface area contributed by atoms with Crippen LogP contribution in [0.25, 0.3) is 0 Å². The highest BCUT2D eigenvalue weighted by Gasteiger charge is 2.19. The minimum Gasteiger partial charge on any atom is -0.453 e. The summed E-state index contributed by atoms with van der Waals surface area (Å²) in [5.41, 5.74) is 1.28. The molecule has 0 aliphatic heterocycles. The minimum atomic E-state index is -1.42. The van der Waals surface area contributed by atoms with Crippen molar-refractivity contribution in [2.24, 2.45) is 0 Å². The van der Waals surface area contributed by atoms with Crippen LogP contribution in [0.3, 0.4) is 0 Å². The maximum atomic E-state index is 12.8. The van der Waals surface area contributed by atoms with E-state index in [1.54, 1.807) is 42.5 Å². The van der Waals surface area contributed by atoms with Crippen LogP contribution < -0.4 is 5.32 Å². The molecule has 24 heavy (non-hydrogen) atoms. The van der Waals surface area contributed by atoms with Crippen LogP contribution in [0.15, 0.2) is 54.6 Å². The maximum Gasteiger partial charge on any atom is 0.340 e. The quantitative estimate of drug-likeness (QED) is 0.758. The molecular weight excluding hydrogens is 313 g/mol. The molecule has 1 atom stereocenters. The zero-order chi connectivity index (χ0) is 17.4. The van der Waals surface area contributed by atoms with Crippen LogP contribution in [0.4, 0.5) is 4.39 Å². The highest BCUT2D eigenvalue weighted by Crippen LogP contribution is 2.13. The van der Waals surface area contributed by atoms with E-state index in [1.807, 2.05) is 0 Å². The third-order valence-corrected chi connectivity index (χ3v) is 3.33. The summed E-state index contributed by atoms with van der Waals surface area (Å²) in [6, 6.07) is 14.3. The van der Waals surface area contributed by atoms with E-state index in [9.17, 15) is 19.1 Å². The monoisotopic (exact) mass is 331 g/mol. The second-order valence-electron chi connectivity index (χ2n) is 5.15. The first kappa shape index (κ1) is 17.6. The zero-order valence-corrected chi connectivity index (χ0v) is 12.9. The lowest BCUT2D eigenvalue weighted by Crippen LogP contribution is -2.31. The summed E-state index contributed by atoms with van der Waals surface area (Å²) < 4.78 is 17.6. The Morgan fingerprint density at radius 2 is 1.75 bits per heavy atom. The summed E-state index contributed by atoms with van der Waals surface area (Å²) in [6.45, 7) is -0.130. The van der Waals surface area contributed by atoms with Gasteiger partial charge in [0.1, 0.15) is 5.82 Å². The number of aliphatic hydroxyl groups is 1. The average Bonchev–Trinajstić information content (AvgIpc) is 2.61. The van der Waals surface area contributed by atoms with Gasteiger partial charge in [0.25, 0.3) is 5.91 Å². The lowest BCUT2D eigenvalue weighted by atomic mass is 10.1. The van der Waals surface area contributed by atoms with E-state index in [1.165, 1.54) is 12.1 Å². The van der Waals surface area contributed by atoms with E-state index in [0.717, 1.165) is 5.56 Å². The molecule has 2 rings (SSSR count). The molecule has 2 N–H and O–H groups in total. The molecule has 126 valence electrons. The van der Waals surface area contributed by atoms with Crippen molar-refractivity contribution in [2.75, 3.05) is 13.2 Å². The van der Waals surface area contributed by atoms with Crippen molar-refractivity contribution in [1.82, 2.24) is 5.32 Å². The van der Waals surface area contributed by atoms with Crippen molar-refractivity contribution >= 4 is 11.9 Å². The molecule has 0 saturated carbocycles. The number of hydrogen-bond acceptors (Lipinski definition) is 4. The maximum absolute atomic E-state index is 12.8. The Morgan fingerprint density at radius 1 is 1.08 bits per heavy atom. The van der Waals surface area contributed by atoms with Gasteiger partial charge >= 0.3 is 5.97 Å². The van der Waals surface area contributed by atoms with Gasteiger partial charge in [-0.3, -0.25) is 4.79 Å². The van der Waals surface area contributed by atoms with Gasteiger partial charge in [0, 0.05) is 6.54 Å². The molecule has 6 heteroatoms. The second-order valence-corrected chi connectivity index (χ2v) is 5.15. The Bertz CT molecular complexity index is 673. The van der Waals surface area contributed by atoms with E-state index in [4.69, 9.17) is 4.74 Å². The first-order valence-corrected chi connectivity index (χ1v) is 7.47. The van der Waals surface area contributed by atoms with Crippen molar-refractivity contribution < 1.29 is 23.8 Å². The van der Waals surface area contributed by atoms with Crippen molar-refractivity contribution in [3.8, 4) is 0 Å². The minimum absolute atomic E-state index is 0.313. The summed E-state index contributed by atoms with van der Waals surface area (Å²) in [6.07, 6.45) is -0.884. The molecule has 0 saturated heterocycles. The summed E-state index contributed by atoms with van der Waals surface area (Å²) >= 11 is 0. The molecule has 0 fully saturated rings. The van der Waals surface area contributed by atoms with Crippen LogP contribution in [0.2, 0.25) is 0 Å². The van der Waals surface area contributed by atoms with Crippen LogP contribution in [0, 0.1) is 5.82 Å². The van der Waals surface area contributed by atoms with E-state index >= 15 is 0 Å². The molecule has 5 nitrogen and oxygen atoms in total. The zero-order valence-electron chi connectivity index (χ0n) is 12.9. The molecule has 0 bridgehead atoms. The summed E-state index contributed by atoms with van der Waals surface area (Å²) in [5.74, 6) is -1.66. The fourth-order valence-electron chi connectivity index (χ4n) is 2.04. The fourth-order valence-corrected chi connectivity index (χ4v) is 2.04. The molecule has 1 amide bonds. The van der Waals surface area contributed by atoms with Gasteiger partial charge in [-0.25, -0.2) is 9.18 Å². The molecule has 0 spiro atoms. The molecule has 0 radical (unpaired) electrons. The van der Waals surface area contributed by atoms with Crippen LogP contribution in [-0.2, 0) is 20.7 Å². The number of halogens is 1. The first-order valence-electron chi connectivity index (χ1n) is 7.47. The largest absolute Gasteiger partial charge is 0.453 e. The van der Waals surface area contributed by atoms with E-state index in [0.29, 0.717) is 18.5 Å². The second kappa shape index (κ2) is 8.79. The summed E-state index contributed by atoms with van der Waals surface area (Å²) in [5, 5.41) is 12.4. The molecule has 2 aromatic rings. The number of ether oxygens (including phenoxy) is 1. The normalized spacial score (nSPS) is 11.6. The number of carbonyl (C=O) groups excluding carboxylic acids is 2. The molecule has 0 heterocycles. The first-order chi connectivity index (χ1) is 11.6. The van der Waals surface area contributed by atoms with Crippen LogP contribution in [0.1, 0.15) is 17.2 Å². The van der Waals surface area contributed by atoms with Gasteiger partial charge in [0.2, 0.25) is 0 Å². The number of nitrogens with one attached hydrogen (secondary N) is 1. The molecular formula is C18H18FNO4. The lowest BCUT2D eigenvalue weighted by molar-refractivity contribution is -0.157. The Labute approximate surface area is 139 Å². The summed E-state index contributed by atoms with van der Waals surface area (Å²) in [7, 11) is 0. The Kier molecular flexibility index (Phi) is 6.45. The topological polar surface area (TPSA) is 75.6 Å². The third kappa shape index (κ3) is 5.48. The summed E-state index contributed by atoms with van der Waals surface area (Å²) in [4.78, 5) is 23.3. The molecule has 0 aliphatic carbocycles. The van der Waals surface area contributed by atoms with Gasteiger partial charge in [-0.2, -0.15) is 0 Å². The highest BCUT2D eigenvalue weighted by atomic mass is 19.1. The molecule has 0 aliphatic rings. The predicted molar refractivity (Wildman–Crippen MR) is 85.5 cm³/mol. The number of hydrogen-bond donors (Lipinski definition) is 2. The van der Waals surface area contributed by atoms with Crippen LogP contribution in [0.5, 0.6) is 0 Å². The third-order valence-electron chi connectivity index (χ3n) is 3.33. The SMILES string of the molecule is O=C(COC(=O)[C@H](O)c1ccccc1)NCCc1ccc(F)cc1. The van der Waals surface area contributed by atoms with Crippen LogP contribution in [-0.4, -0.2) is 30.1 Å². The number of esters is 1. The Balaban J connectivity index is 1.69. The van der Waals surface area contributed by atoms with Crippen LogP contribution >= 0.6 is 0 Å². The number of amides is 1. The number of benzene rings is 2. The molecule has 2 aromatic carbocycles. The standard InChI is InChI=1S/C18H18FNO4/c19-15-8-6-13(7-9-15)10-11-20-16(21)12-24-18(23)17(22)14-4-2-1-3-5-14/h1-9,17,22H,10-12H2,(H,20,21)/t17-/m1/s1. The van der Waals surface area contributed by atoms with Crippen molar-refractivity contribution in [3.05, 3.63) is 71.5 Å². The van der Waals surface area contributed by atoms with E-state index < -0.39 is 24.6 Å². The van der Waals surface area contributed by atoms with Crippen molar-refractivity contribution in [1.29, 1.82) is 0 Å². The number of carbonyl (C=O) groups is 2.